The predicted molar refractivity (Wildman–Crippen MR) is 90.9 cm³/mol. The predicted octanol–water partition coefficient (Wildman–Crippen LogP) is 5.00. The quantitative estimate of drug-likeness (QED) is 0.554. The molecule has 2 nitrogen and oxygen atoms in total. The standard InChI is InChI=1S/C16H11ClFIN2/c17-16-7-14(18)5-4-12(16)9-21-10-13(8-20-21)11-2-1-3-15(19)6-11/h1-8,10H,9H2. The van der Waals surface area contributed by atoms with Gasteiger partial charge in [0, 0.05) is 20.4 Å². The lowest BCUT2D eigenvalue weighted by molar-refractivity contribution is 0.624. The Morgan fingerprint density at radius 3 is 2.76 bits per heavy atom. The fourth-order valence-electron chi connectivity index (χ4n) is 2.09. The Hall–Kier alpha value is -1.40. The molecule has 21 heavy (non-hydrogen) atoms. The fraction of sp³-hybridized carbons (Fsp3) is 0.0625. The van der Waals surface area contributed by atoms with Gasteiger partial charge in [0.1, 0.15) is 5.82 Å². The lowest BCUT2D eigenvalue weighted by Crippen LogP contribution is -2.00. The van der Waals surface area contributed by atoms with E-state index in [4.69, 9.17) is 11.6 Å². The summed E-state index contributed by atoms with van der Waals surface area (Å²) in [5.41, 5.74) is 3.01. The highest BCUT2D eigenvalue weighted by Crippen LogP contribution is 2.22. The Kier molecular flexibility index (Phi) is 4.26. The van der Waals surface area contributed by atoms with Gasteiger partial charge in [0.15, 0.2) is 0 Å². The van der Waals surface area contributed by atoms with Gasteiger partial charge < -0.3 is 0 Å². The van der Waals surface area contributed by atoms with Crippen molar-refractivity contribution in [3.05, 3.63) is 74.8 Å². The largest absolute Gasteiger partial charge is 0.268 e. The highest BCUT2D eigenvalue weighted by molar-refractivity contribution is 14.1. The van der Waals surface area contributed by atoms with Crippen LogP contribution in [0.4, 0.5) is 4.39 Å². The second-order valence-electron chi connectivity index (χ2n) is 4.67. The van der Waals surface area contributed by atoms with Gasteiger partial charge in [-0.25, -0.2) is 4.39 Å². The summed E-state index contributed by atoms with van der Waals surface area (Å²) in [7, 11) is 0. The van der Waals surface area contributed by atoms with Gasteiger partial charge >= 0.3 is 0 Å². The zero-order valence-electron chi connectivity index (χ0n) is 10.9. The minimum absolute atomic E-state index is 0.330. The maximum atomic E-state index is 13.0. The molecule has 0 spiro atoms. The molecular formula is C16H11ClFIN2. The molecule has 0 saturated carbocycles. The fourth-order valence-corrected chi connectivity index (χ4v) is 2.86. The van der Waals surface area contributed by atoms with E-state index in [-0.39, 0.29) is 5.82 Å². The van der Waals surface area contributed by atoms with Crippen LogP contribution in [0.15, 0.2) is 54.9 Å². The van der Waals surface area contributed by atoms with E-state index in [1.165, 1.54) is 15.7 Å². The molecule has 3 aromatic rings. The van der Waals surface area contributed by atoms with E-state index in [2.05, 4.69) is 33.8 Å². The Labute approximate surface area is 140 Å². The Balaban J connectivity index is 1.85. The van der Waals surface area contributed by atoms with Crippen LogP contribution < -0.4 is 0 Å². The van der Waals surface area contributed by atoms with Crippen molar-refractivity contribution in [2.24, 2.45) is 0 Å². The molecule has 0 unspecified atom stereocenters. The molecule has 0 aliphatic rings. The van der Waals surface area contributed by atoms with E-state index in [1.807, 2.05) is 30.6 Å². The second kappa shape index (κ2) is 6.15. The van der Waals surface area contributed by atoms with E-state index in [1.54, 1.807) is 10.7 Å². The van der Waals surface area contributed by atoms with Crippen molar-refractivity contribution < 1.29 is 4.39 Å². The first kappa shape index (κ1) is 14.5. The van der Waals surface area contributed by atoms with Gasteiger partial charge in [-0.1, -0.05) is 29.8 Å². The first-order chi connectivity index (χ1) is 10.1. The summed E-state index contributed by atoms with van der Waals surface area (Å²) in [6.45, 7) is 0.517. The van der Waals surface area contributed by atoms with Gasteiger partial charge in [0.2, 0.25) is 0 Å². The van der Waals surface area contributed by atoms with Gasteiger partial charge in [0.05, 0.1) is 12.7 Å². The summed E-state index contributed by atoms with van der Waals surface area (Å²) in [6, 6.07) is 12.6. The molecule has 0 radical (unpaired) electrons. The topological polar surface area (TPSA) is 17.8 Å². The van der Waals surface area contributed by atoms with Crippen LogP contribution in [0.25, 0.3) is 11.1 Å². The molecule has 1 aromatic heterocycles. The molecule has 2 aromatic carbocycles. The third kappa shape index (κ3) is 3.44. The number of hydrogen-bond donors (Lipinski definition) is 0. The Morgan fingerprint density at radius 2 is 2.00 bits per heavy atom. The average Bonchev–Trinajstić information content (AvgIpc) is 2.91. The van der Waals surface area contributed by atoms with Gasteiger partial charge in [-0.3, -0.25) is 4.68 Å². The average molecular weight is 413 g/mol. The van der Waals surface area contributed by atoms with Crippen LogP contribution in [0.5, 0.6) is 0 Å². The summed E-state index contributed by atoms with van der Waals surface area (Å²) in [4.78, 5) is 0. The maximum Gasteiger partial charge on any atom is 0.124 e. The van der Waals surface area contributed by atoms with Crippen molar-refractivity contribution in [1.82, 2.24) is 9.78 Å². The van der Waals surface area contributed by atoms with E-state index < -0.39 is 0 Å². The summed E-state index contributed by atoms with van der Waals surface area (Å²) in [5, 5.41) is 4.76. The summed E-state index contributed by atoms with van der Waals surface area (Å²) < 4.78 is 16.0. The molecule has 0 atom stereocenters. The van der Waals surface area contributed by atoms with Crippen LogP contribution in [0.1, 0.15) is 5.56 Å². The minimum atomic E-state index is -0.330. The van der Waals surface area contributed by atoms with Gasteiger partial charge in [-0.05, 0) is 58.0 Å². The smallest absolute Gasteiger partial charge is 0.124 e. The molecule has 0 saturated heterocycles. The Morgan fingerprint density at radius 1 is 1.14 bits per heavy atom. The first-order valence-electron chi connectivity index (χ1n) is 6.34. The number of rotatable bonds is 3. The van der Waals surface area contributed by atoms with Crippen molar-refractivity contribution >= 4 is 34.2 Å². The number of aromatic nitrogens is 2. The van der Waals surface area contributed by atoms with Crippen LogP contribution >= 0.6 is 34.2 Å². The highest BCUT2D eigenvalue weighted by atomic mass is 127. The van der Waals surface area contributed by atoms with Crippen LogP contribution in [0.2, 0.25) is 5.02 Å². The molecule has 106 valence electrons. The minimum Gasteiger partial charge on any atom is -0.268 e. The van der Waals surface area contributed by atoms with Crippen molar-refractivity contribution in [2.45, 2.75) is 6.54 Å². The second-order valence-corrected chi connectivity index (χ2v) is 6.33. The summed E-state index contributed by atoms with van der Waals surface area (Å²) in [5.74, 6) is -0.330. The molecule has 0 fully saturated rings. The van der Waals surface area contributed by atoms with E-state index in [0.29, 0.717) is 11.6 Å². The molecule has 0 aliphatic heterocycles. The molecule has 0 N–H and O–H groups in total. The molecule has 0 bridgehead atoms. The molecule has 0 amide bonds. The van der Waals surface area contributed by atoms with E-state index in [9.17, 15) is 4.39 Å². The number of halogens is 3. The van der Waals surface area contributed by atoms with Crippen molar-refractivity contribution in [1.29, 1.82) is 0 Å². The highest BCUT2D eigenvalue weighted by Gasteiger charge is 2.06. The third-order valence-corrected chi connectivity index (χ3v) is 4.16. The van der Waals surface area contributed by atoms with Gasteiger partial charge in [0.25, 0.3) is 0 Å². The van der Waals surface area contributed by atoms with Gasteiger partial charge in [-0.15, -0.1) is 0 Å². The summed E-state index contributed by atoms with van der Waals surface area (Å²) >= 11 is 8.33. The number of benzene rings is 2. The normalized spacial score (nSPS) is 10.8. The number of hydrogen-bond acceptors (Lipinski definition) is 1. The molecule has 1 heterocycles. The van der Waals surface area contributed by atoms with Gasteiger partial charge in [-0.2, -0.15) is 5.10 Å². The van der Waals surface area contributed by atoms with Crippen LogP contribution in [-0.2, 0) is 6.54 Å². The zero-order chi connectivity index (χ0) is 14.8. The monoisotopic (exact) mass is 412 g/mol. The molecule has 3 rings (SSSR count). The van der Waals surface area contributed by atoms with Crippen molar-refractivity contribution in [3.8, 4) is 11.1 Å². The van der Waals surface area contributed by atoms with Crippen LogP contribution in [0.3, 0.4) is 0 Å². The lowest BCUT2D eigenvalue weighted by Gasteiger charge is -2.04. The molecular weight excluding hydrogens is 402 g/mol. The van der Waals surface area contributed by atoms with Crippen molar-refractivity contribution in [3.63, 3.8) is 0 Å². The van der Waals surface area contributed by atoms with Crippen molar-refractivity contribution in [2.75, 3.05) is 0 Å². The Bertz CT molecular complexity index is 785. The third-order valence-electron chi connectivity index (χ3n) is 3.14. The lowest BCUT2D eigenvalue weighted by atomic mass is 10.1. The van der Waals surface area contributed by atoms with E-state index in [0.717, 1.165) is 16.7 Å². The van der Waals surface area contributed by atoms with Crippen LogP contribution in [0, 0.1) is 9.39 Å². The zero-order valence-corrected chi connectivity index (χ0v) is 13.8. The first-order valence-corrected chi connectivity index (χ1v) is 7.80. The molecule has 5 heteroatoms. The molecule has 0 aliphatic carbocycles. The summed E-state index contributed by atoms with van der Waals surface area (Å²) in [6.07, 6.45) is 3.79. The number of nitrogens with zero attached hydrogens (tertiary/aromatic N) is 2. The SMILES string of the molecule is Fc1ccc(Cn2cc(-c3cccc(I)c3)cn2)c(Cl)c1. The van der Waals surface area contributed by atoms with Crippen LogP contribution in [-0.4, -0.2) is 9.78 Å². The van der Waals surface area contributed by atoms with E-state index >= 15 is 0 Å². The maximum absolute atomic E-state index is 13.0.